The van der Waals surface area contributed by atoms with Gasteiger partial charge < -0.3 is 0 Å². The van der Waals surface area contributed by atoms with Gasteiger partial charge in [-0.1, -0.05) is 0 Å². The fourth-order valence-corrected chi connectivity index (χ4v) is 5.85. The van der Waals surface area contributed by atoms with Crippen molar-refractivity contribution in [1.82, 2.24) is 0 Å². The van der Waals surface area contributed by atoms with Gasteiger partial charge in [-0.25, -0.2) is 22.0 Å². The van der Waals surface area contributed by atoms with Crippen LogP contribution in [-0.4, -0.2) is 28.4 Å². The topological polar surface area (TPSA) is 97.5 Å². The summed E-state index contributed by atoms with van der Waals surface area (Å²) in [6, 6.07) is 7.84. The van der Waals surface area contributed by atoms with Crippen LogP contribution in [0.1, 0.15) is 12.5 Å². The highest BCUT2D eigenvalue weighted by molar-refractivity contribution is 8.00. The Morgan fingerprint density at radius 1 is 1.04 bits per heavy atom. The van der Waals surface area contributed by atoms with Crippen molar-refractivity contribution in [2.75, 3.05) is 4.31 Å². The lowest BCUT2D eigenvalue weighted by atomic mass is 10.1. The van der Waals surface area contributed by atoms with Crippen LogP contribution in [0.15, 0.2) is 57.2 Å². The van der Waals surface area contributed by atoms with Crippen LogP contribution in [0.25, 0.3) is 0 Å². The minimum absolute atomic E-state index is 0.119. The van der Waals surface area contributed by atoms with E-state index in [1.165, 1.54) is 18.2 Å². The normalized spacial score (nSPS) is 17.6. The molecule has 0 radical (unpaired) electrons. The van der Waals surface area contributed by atoms with Gasteiger partial charge in [0, 0.05) is 10.9 Å². The molecule has 152 valence electrons. The van der Waals surface area contributed by atoms with Crippen LogP contribution in [0.3, 0.4) is 0 Å². The smallest absolute Gasteiger partial charge is 0.263 e. The summed E-state index contributed by atoms with van der Waals surface area (Å²) in [4.78, 5) is -0.403. The highest BCUT2D eigenvalue weighted by Gasteiger charge is 2.37. The first-order chi connectivity index (χ1) is 12.8. The number of benzene rings is 2. The van der Waals surface area contributed by atoms with Gasteiger partial charge in [0.25, 0.3) is 10.0 Å². The maximum absolute atomic E-state index is 13.0. The summed E-state index contributed by atoms with van der Waals surface area (Å²) in [7, 11) is -7.98. The average Bonchev–Trinajstić information content (AvgIpc) is 2.88. The molecule has 1 heterocycles. The lowest BCUT2D eigenvalue weighted by Gasteiger charge is -2.24. The van der Waals surface area contributed by atoms with Gasteiger partial charge in [-0.3, -0.25) is 4.31 Å². The Bertz CT molecular complexity index is 1110. The van der Waals surface area contributed by atoms with Crippen molar-refractivity contribution >= 4 is 37.5 Å². The molecular formula is C16H15F3N2O4S3. The van der Waals surface area contributed by atoms with E-state index in [0.29, 0.717) is 11.3 Å². The van der Waals surface area contributed by atoms with E-state index >= 15 is 0 Å². The second kappa shape index (κ2) is 6.94. The van der Waals surface area contributed by atoms with E-state index in [1.54, 1.807) is 6.92 Å². The van der Waals surface area contributed by atoms with Crippen LogP contribution in [0, 0.1) is 0 Å². The first-order valence-electron chi connectivity index (χ1n) is 7.85. The minimum Gasteiger partial charge on any atom is -0.263 e. The Kier molecular flexibility index (Phi) is 5.19. The maximum atomic E-state index is 13.0. The van der Waals surface area contributed by atoms with E-state index in [0.717, 1.165) is 28.6 Å². The molecule has 0 spiro atoms. The molecule has 3 rings (SSSR count). The maximum Gasteiger partial charge on any atom is 0.446 e. The Balaban J connectivity index is 1.97. The summed E-state index contributed by atoms with van der Waals surface area (Å²) < 4.78 is 87.6. The van der Waals surface area contributed by atoms with Crippen LogP contribution in [-0.2, 0) is 26.5 Å². The zero-order valence-corrected chi connectivity index (χ0v) is 16.8. The van der Waals surface area contributed by atoms with Crippen molar-refractivity contribution in [3.05, 3.63) is 48.0 Å². The third-order valence-electron chi connectivity index (χ3n) is 4.15. The van der Waals surface area contributed by atoms with Gasteiger partial charge in [0.05, 0.1) is 15.5 Å². The van der Waals surface area contributed by atoms with Gasteiger partial charge in [-0.2, -0.15) is 13.2 Å². The van der Waals surface area contributed by atoms with E-state index in [1.807, 2.05) is 0 Å². The van der Waals surface area contributed by atoms with Gasteiger partial charge in [0.2, 0.25) is 10.0 Å². The zero-order chi connectivity index (χ0) is 20.9. The lowest BCUT2D eigenvalue weighted by Crippen LogP contribution is -2.35. The molecule has 0 aliphatic carbocycles. The number of sulfonamides is 2. The Morgan fingerprint density at radius 2 is 1.61 bits per heavy atom. The van der Waals surface area contributed by atoms with Crippen LogP contribution in [0.4, 0.5) is 18.9 Å². The van der Waals surface area contributed by atoms with Crippen molar-refractivity contribution in [2.45, 2.75) is 39.6 Å². The Morgan fingerprint density at radius 3 is 2.14 bits per heavy atom. The molecule has 0 aromatic heterocycles. The molecule has 1 atom stereocenters. The standard InChI is InChI=1S/C16H15F3N2O4S3/c1-10-8-11-9-14(27(20,22)23)6-7-15(11)21(10)28(24,25)13-4-2-12(3-5-13)26-16(17,18)19/h2-7,9-10H,8H2,1H3,(H2,20,22,23). The van der Waals surface area contributed by atoms with Crippen LogP contribution < -0.4 is 9.44 Å². The summed E-state index contributed by atoms with van der Waals surface area (Å²) >= 11 is -0.332. The second-order valence-corrected chi connectivity index (χ2v) is 10.7. The first kappa shape index (κ1) is 21.0. The quantitative estimate of drug-likeness (QED) is 0.719. The molecule has 12 heteroatoms. The number of hydrogen-bond donors (Lipinski definition) is 1. The Labute approximate surface area is 164 Å². The van der Waals surface area contributed by atoms with Gasteiger partial charge >= 0.3 is 5.51 Å². The first-order valence-corrected chi connectivity index (χ1v) is 11.7. The predicted molar refractivity (Wildman–Crippen MR) is 99.0 cm³/mol. The molecule has 0 amide bonds. The largest absolute Gasteiger partial charge is 0.446 e. The molecule has 1 aliphatic rings. The fourth-order valence-electron chi connectivity index (χ4n) is 3.05. The molecule has 0 bridgehead atoms. The molecule has 1 aliphatic heterocycles. The predicted octanol–water partition coefficient (Wildman–Crippen LogP) is 3.09. The van der Waals surface area contributed by atoms with E-state index in [9.17, 15) is 30.0 Å². The van der Waals surface area contributed by atoms with Gasteiger partial charge in [-0.15, -0.1) is 0 Å². The van der Waals surface area contributed by atoms with Crippen LogP contribution in [0.5, 0.6) is 0 Å². The number of alkyl halides is 3. The van der Waals surface area contributed by atoms with E-state index in [4.69, 9.17) is 5.14 Å². The third kappa shape index (κ3) is 4.14. The van der Waals surface area contributed by atoms with Gasteiger partial charge in [-0.05, 0) is 73.1 Å². The number of primary sulfonamides is 1. The van der Waals surface area contributed by atoms with Gasteiger partial charge in [0.15, 0.2) is 0 Å². The summed E-state index contributed by atoms with van der Waals surface area (Å²) in [5.41, 5.74) is -3.65. The number of hydrogen-bond acceptors (Lipinski definition) is 5. The molecule has 0 fully saturated rings. The summed E-state index contributed by atoms with van der Waals surface area (Å²) in [5, 5.41) is 5.11. The number of thioether (sulfide) groups is 1. The number of halogens is 3. The van der Waals surface area contributed by atoms with Crippen molar-refractivity contribution in [2.24, 2.45) is 5.14 Å². The highest BCUT2D eigenvalue weighted by Crippen LogP contribution is 2.39. The van der Waals surface area contributed by atoms with E-state index in [-0.39, 0.29) is 32.9 Å². The molecule has 6 nitrogen and oxygen atoms in total. The molecule has 1 unspecified atom stereocenters. The number of fused-ring (bicyclic) bond motifs is 1. The van der Waals surface area contributed by atoms with Crippen molar-refractivity contribution in [1.29, 1.82) is 0 Å². The molecular weight excluding hydrogens is 437 g/mol. The number of nitrogens with two attached hydrogens (primary N) is 1. The summed E-state index contributed by atoms with van der Waals surface area (Å²) in [6.45, 7) is 1.65. The Hall–Kier alpha value is -1.76. The molecule has 0 saturated heterocycles. The summed E-state index contributed by atoms with van der Waals surface area (Å²) in [6.07, 6.45) is 0.278. The molecule has 0 saturated carbocycles. The molecule has 2 aromatic rings. The number of rotatable bonds is 4. The van der Waals surface area contributed by atoms with E-state index < -0.39 is 31.6 Å². The zero-order valence-electron chi connectivity index (χ0n) is 14.3. The van der Waals surface area contributed by atoms with Crippen molar-refractivity contribution in [3.8, 4) is 0 Å². The molecule has 2 aromatic carbocycles. The van der Waals surface area contributed by atoms with Crippen LogP contribution in [0.2, 0.25) is 0 Å². The summed E-state index contributed by atoms with van der Waals surface area (Å²) in [5.74, 6) is 0. The molecule has 28 heavy (non-hydrogen) atoms. The number of nitrogens with zero attached hydrogens (tertiary/aromatic N) is 1. The molecule has 2 N–H and O–H groups in total. The number of anilines is 1. The average molecular weight is 453 g/mol. The van der Waals surface area contributed by atoms with Crippen molar-refractivity contribution < 1.29 is 30.0 Å². The van der Waals surface area contributed by atoms with E-state index in [2.05, 4.69) is 0 Å². The monoisotopic (exact) mass is 452 g/mol. The lowest BCUT2D eigenvalue weighted by molar-refractivity contribution is -0.0328. The minimum atomic E-state index is -4.47. The van der Waals surface area contributed by atoms with Crippen molar-refractivity contribution in [3.63, 3.8) is 0 Å². The van der Waals surface area contributed by atoms with Crippen LogP contribution >= 0.6 is 11.8 Å². The highest BCUT2D eigenvalue weighted by atomic mass is 32.2. The second-order valence-electron chi connectivity index (χ2n) is 6.21. The SMILES string of the molecule is CC1Cc2cc(S(N)(=O)=O)ccc2N1S(=O)(=O)c1ccc(SC(F)(F)F)cc1. The fraction of sp³-hybridized carbons (Fsp3) is 0.250. The van der Waals surface area contributed by atoms with Gasteiger partial charge in [0.1, 0.15) is 0 Å². The third-order valence-corrected chi connectivity index (χ3v) is 7.74.